The predicted octanol–water partition coefficient (Wildman–Crippen LogP) is 0.351. The van der Waals surface area contributed by atoms with Gasteiger partial charge in [0.2, 0.25) is 11.9 Å². The van der Waals surface area contributed by atoms with Crippen LogP contribution in [-0.4, -0.2) is 52.8 Å². The van der Waals surface area contributed by atoms with Crippen LogP contribution in [0.15, 0.2) is 0 Å². The Bertz CT molecular complexity index is 391. The maximum atomic E-state index is 12.8. The predicted molar refractivity (Wildman–Crippen MR) is 61.1 cm³/mol. The first-order chi connectivity index (χ1) is 8.50. The van der Waals surface area contributed by atoms with Crippen LogP contribution < -0.4 is 15.4 Å². The average Bonchev–Trinajstić information content (AvgIpc) is 2.37. The van der Waals surface area contributed by atoms with Crippen molar-refractivity contribution in [3.8, 4) is 6.01 Å². The Morgan fingerprint density at radius 2 is 1.94 bits per heavy atom. The summed E-state index contributed by atoms with van der Waals surface area (Å²) in [6.07, 6.45) is 0. The fourth-order valence-corrected chi connectivity index (χ4v) is 1.01. The van der Waals surface area contributed by atoms with Crippen LogP contribution in [0.4, 0.5) is 20.7 Å². The van der Waals surface area contributed by atoms with Gasteiger partial charge in [0.25, 0.3) is 5.92 Å². The van der Waals surface area contributed by atoms with Gasteiger partial charge >= 0.3 is 6.01 Å². The van der Waals surface area contributed by atoms with Crippen LogP contribution >= 0.6 is 0 Å². The van der Waals surface area contributed by atoms with Crippen LogP contribution in [0.5, 0.6) is 6.01 Å². The van der Waals surface area contributed by atoms with Gasteiger partial charge in [0.1, 0.15) is 6.61 Å². The third-order valence-corrected chi connectivity index (χ3v) is 1.85. The molecular formula is C9H15F2N5O2. The molecule has 0 aromatic carbocycles. The summed E-state index contributed by atoms with van der Waals surface area (Å²) in [5, 5.41) is 13.4. The van der Waals surface area contributed by atoms with E-state index in [1.54, 1.807) is 14.0 Å². The van der Waals surface area contributed by atoms with Crippen molar-refractivity contribution < 1.29 is 18.6 Å². The van der Waals surface area contributed by atoms with Gasteiger partial charge in [0.15, 0.2) is 0 Å². The molecule has 0 aliphatic rings. The highest BCUT2D eigenvalue weighted by Gasteiger charge is 2.27. The van der Waals surface area contributed by atoms with E-state index in [2.05, 4.69) is 25.6 Å². The van der Waals surface area contributed by atoms with E-state index in [0.717, 1.165) is 0 Å². The maximum absolute atomic E-state index is 12.8. The van der Waals surface area contributed by atoms with Crippen molar-refractivity contribution in [3.63, 3.8) is 0 Å². The number of alkyl halides is 2. The highest BCUT2D eigenvalue weighted by Crippen LogP contribution is 2.15. The van der Waals surface area contributed by atoms with Crippen LogP contribution in [0, 0.1) is 0 Å². The lowest BCUT2D eigenvalue weighted by Crippen LogP contribution is -2.31. The molecule has 0 saturated heterocycles. The molecule has 0 aliphatic carbocycles. The zero-order valence-electron chi connectivity index (χ0n) is 10.1. The molecule has 1 aromatic rings. The van der Waals surface area contributed by atoms with Gasteiger partial charge in [-0.25, -0.2) is 8.78 Å². The second kappa shape index (κ2) is 6.24. The maximum Gasteiger partial charge on any atom is 0.323 e. The van der Waals surface area contributed by atoms with Gasteiger partial charge in [-0.05, 0) is 6.92 Å². The van der Waals surface area contributed by atoms with E-state index in [1.807, 2.05) is 0 Å². The molecule has 1 heterocycles. The number of aromatic nitrogens is 3. The normalized spacial score (nSPS) is 11.2. The summed E-state index contributed by atoms with van der Waals surface area (Å²) in [6.45, 7) is 0.0692. The highest BCUT2D eigenvalue weighted by molar-refractivity contribution is 5.35. The monoisotopic (exact) mass is 263 g/mol. The molecule has 0 aliphatic heterocycles. The first-order valence-electron chi connectivity index (χ1n) is 5.30. The topological polar surface area (TPSA) is 92.2 Å². The van der Waals surface area contributed by atoms with E-state index in [-0.39, 0.29) is 17.9 Å². The Morgan fingerprint density at radius 1 is 1.28 bits per heavy atom. The molecule has 7 nitrogen and oxygen atoms in total. The molecule has 0 radical (unpaired) electrons. The third-order valence-electron chi connectivity index (χ3n) is 1.85. The number of aliphatic hydroxyl groups is 1. The summed E-state index contributed by atoms with van der Waals surface area (Å²) in [5.74, 6) is -3.09. The number of ether oxygens (including phenoxy) is 1. The van der Waals surface area contributed by atoms with Crippen LogP contribution in [0.2, 0.25) is 0 Å². The van der Waals surface area contributed by atoms with E-state index in [4.69, 9.17) is 9.84 Å². The van der Waals surface area contributed by atoms with Crippen molar-refractivity contribution in [2.75, 3.05) is 37.4 Å². The van der Waals surface area contributed by atoms with Gasteiger partial charge in [0.05, 0.1) is 13.2 Å². The molecule has 1 aromatic heterocycles. The van der Waals surface area contributed by atoms with Gasteiger partial charge in [-0.1, -0.05) is 0 Å². The molecule has 0 unspecified atom stereocenters. The Labute approximate surface area is 103 Å². The Kier molecular flexibility index (Phi) is 4.95. The highest BCUT2D eigenvalue weighted by atomic mass is 19.3. The fourth-order valence-electron chi connectivity index (χ4n) is 1.01. The van der Waals surface area contributed by atoms with Gasteiger partial charge in [-0.2, -0.15) is 15.0 Å². The van der Waals surface area contributed by atoms with Crippen molar-refractivity contribution in [3.05, 3.63) is 0 Å². The first kappa shape index (κ1) is 14.3. The number of nitrogens with zero attached hydrogens (tertiary/aromatic N) is 3. The number of anilines is 2. The van der Waals surface area contributed by atoms with Crippen LogP contribution in [0.1, 0.15) is 6.92 Å². The number of aliphatic hydroxyl groups excluding tert-OH is 1. The van der Waals surface area contributed by atoms with E-state index in [1.165, 1.54) is 0 Å². The largest absolute Gasteiger partial charge is 0.464 e. The summed E-state index contributed by atoms with van der Waals surface area (Å²) < 4.78 is 30.7. The summed E-state index contributed by atoms with van der Waals surface area (Å²) in [6, 6.07) is 0.0339. The summed E-state index contributed by atoms with van der Waals surface area (Å²) in [5.41, 5.74) is 0. The molecular weight excluding hydrogens is 248 g/mol. The summed E-state index contributed by atoms with van der Waals surface area (Å²) in [4.78, 5) is 11.5. The Hall–Kier alpha value is -1.77. The van der Waals surface area contributed by atoms with Crippen LogP contribution in [-0.2, 0) is 0 Å². The van der Waals surface area contributed by atoms with Crippen LogP contribution in [0.25, 0.3) is 0 Å². The minimum Gasteiger partial charge on any atom is -0.464 e. The van der Waals surface area contributed by atoms with Gasteiger partial charge < -0.3 is 20.5 Å². The van der Waals surface area contributed by atoms with E-state index < -0.39 is 19.1 Å². The molecule has 9 heteroatoms. The molecule has 0 spiro atoms. The van der Waals surface area contributed by atoms with Crippen molar-refractivity contribution in [2.45, 2.75) is 12.8 Å². The second-order valence-electron chi connectivity index (χ2n) is 3.32. The molecule has 0 fully saturated rings. The molecule has 18 heavy (non-hydrogen) atoms. The molecule has 0 bridgehead atoms. The number of hydrogen-bond acceptors (Lipinski definition) is 7. The Balaban J connectivity index is 2.78. The van der Waals surface area contributed by atoms with Crippen molar-refractivity contribution >= 4 is 11.9 Å². The third kappa shape index (κ3) is 4.24. The fraction of sp³-hybridized carbons (Fsp3) is 0.667. The molecule has 102 valence electrons. The molecule has 0 amide bonds. The van der Waals surface area contributed by atoms with Crippen molar-refractivity contribution in [2.24, 2.45) is 0 Å². The van der Waals surface area contributed by atoms with Crippen molar-refractivity contribution in [1.29, 1.82) is 0 Å². The van der Waals surface area contributed by atoms with E-state index in [9.17, 15) is 8.78 Å². The number of halogens is 2. The van der Waals surface area contributed by atoms with E-state index in [0.29, 0.717) is 6.61 Å². The van der Waals surface area contributed by atoms with Gasteiger partial charge in [-0.15, -0.1) is 0 Å². The standard InChI is InChI=1S/C9H15F2N5O2/c1-3-18-8-15-6(12-2)14-7(16-8)13-4-9(10,11)5-17/h17H,3-5H2,1-2H3,(H2,12,13,14,15,16). The quantitative estimate of drug-likeness (QED) is 0.653. The summed E-state index contributed by atoms with van der Waals surface area (Å²) >= 11 is 0. The minimum absolute atomic E-state index is 0.0339. The second-order valence-corrected chi connectivity index (χ2v) is 3.32. The smallest absolute Gasteiger partial charge is 0.323 e. The lowest BCUT2D eigenvalue weighted by atomic mass is 10.3. The minimum atomic E-state index is -3.24. The average molecular weight is 263 g/mol. The lowest BCUT2D eigenvalue weighted by molar-refractivity contribution is -0.0374. The molecule has 3 N–H and O–H groups in total. The summed E-state index contributed by atoms with van der Waals surface area (Å²) in [7, 11) is 1.58. The van der Waals surface area contributed by atoms with Gasteiger partial charge in [-0.3, -0.25) is 0 Å². The first-order valence-corrected chi connectivity index (χ1v) is 5.30. The number of rotatable bonds is 7. The van der Waals surface area contributed by atoms with Crippen molar-refractivity contribution in [1.82, 2.24) is 15.0 Å². The van der Waals surface area contributed by atoms with Gasteiger partial charge in [0, 0.05) is 7.05 Å². The number of nitrogens with one attached hydrogen (secondary N) is 2. The van der Waals surface area contributed by atoms with E-state index >= 15 is 0 Å². The molecule has 1 rings (SSSR count). The lowest BCUT2D eigenvalue weighted by Gasteiger charge is -2.14. The SMILES string of the molecule is CCOc1nc(NC)nc(NCC(F)(F)CO)n1. The van der Waals surface area contributed by atoms with Crippen LogP contribution in [0.3, 0.4) is 0 Å². The number of hydrogen-bond donors (Lipinski definition) is 3. The zero-order valence-corrected chi connectivity index (χ0v) is 10.1. The molecule has 0 atom stereocenters. The Morgan fingerprint density at radius 3 is 2.50 bits per heavy atom. The zero-order chi connectivity index (χ0) is 13.6. The molecule has 0 saturated carbocycles.